The number of hydrogen-bond donors (Lipinski definition) is 2. The second-order valence-corrected chi connectivity index (χ2v) is 3.80. The molecule has 1 aromatic heterocycles. The van der Waals surface area contributed by atoms with E-state index in [1.165, 1.54) is 6.92 Å². The molecule has 1 aromatic rings. The van der Waals surface area contributed by atoms with Crippen LogP contribution in [0, 0.1) is 11.6 Å². The average Bonchev–Trinajstić information content (AvgIpc) is 2.35. The number of hydrogen-bond acceptors (Lipinski definition) is 5. The van der Waals surface area contributed by atoms with Crippen molar-refractivity contribution in [1.82, 2.24) is 4.98 Å². The number of nitrogens with one attached hydrogen (secondary N) is 2. The van der Waals surface area contributed by atoms with Crippen molar-refractivity contribution in [3.8, 4) is 0 Å². The molecule has 2 N–H and O–H groups in total. The second kappa shape index (κ2) is 6.86. The van der Waals surface area contributed by atoms with Crippen LogP contribution in [0.15, 0.2) is 6.07 Å². The van der Waals surface area contributed by atoms with E-state index in [4.69, 9.17) is 4.74 Å². The molecule has 0 aromatic carbocycles. The van der Waals surface area contributed by atoms with Gasteiger partial charge in [-0.25, -0.2) is 18.6 Å². The first-order valence-corrected chi connectivity index (χ1v) is 6.02. The smallest absolute Gasteiger partial charge is 0.328 e. The van der Waals surface area contributed by atoms with Gasteiger partial charge in [0, 0.05) is 12.6 Å². The van der Waals surface area contributed by atoms with Gasteiger partial charge in [0.25, 0.3) is 0 Å². The number of carbonyl (C=O) groups excluding carboxylic acids is 1. The van der Waals surface area contributed by atoms with E-state index < -0.39 is 23.6 Å². The number of nitrogens with zero attached hydrogens (tertiary/aromatic N) is 1. The van der Waals surface area contributed by atoms with Gasteiger partial charge in [0.15, 0.2) is 23.3 Å². The highest BCUT2D eigenvalue weighted by atomic mass is 19.1. The lowest BCUT2D eigenvalue weighted by Gasteiger charge is -2.15. The molecule has 0 radical (unpaired) electrons. The van der Waals surface area contributed by atoms with Crippen molar-refractivity contribution in [2.24, 2.45) is 0 Å². The summed E-state index contributed by atoms with van der Waals surface area (Å²) in [6, 6.07) is -0.0625. The fourth-order valence-electron chi connectivity index (χ4n) is 1.39. The Morgan fingerprint density at radius 3 is 2.58 bits per heavy atom. The molecule has 0 amide bonds. The summed E-state index contributed by atoms with van der Waals surface area (Å²) in [4.78, 5) is 15.2. The molecule has 0 saturated carbocycles. The number of aromatic nitrogens is 1. The van der Waals surface area contributed by atoms with Crippen molar-refractivity contribution < 1.29 is 18.3 Å². The molecule has 1 heterocycles. The van der Waals surface area contributed by atoms with E-state index in [1.54, 1.807) is 13.8 Å². The Hall–Kier alpha value is -1.92. The summed E-state index contributed by atoms with van der Waals surface area (Å²) in [5, 5.41) is 5.22. The minimum atomic E-state index is -0.865. The Morgan fingerprint density at radius 2 is 2.00 bits per heavy atom. The molecular weight excluding hydrogens is 256 g/mol. The zero-order valence-corrected chi connectivity index (χ0v) is 11.1. The lowest BCUT2D eigenvalue weighted by atomic mass is 10.3. The summed E-state index contributed by atoms with van der Waals surface area (Å²) in [6.07, 6.45) is 0. The molecule has 1 unspecified atom stereocenters. The molecule has 1 atom stereocenters. The van der Waals surface area contributed by atoms with Crippen LogP contribution in [-0.2, 0) is 9.53 Å². The van der Waals surface area contributed by atoms with Gasteiger partial charge in [0.1, 0.15) is 6.04 Å². The van der Waals surface area contributed by atoms with Crippen LogP contribution in [0.5, 0.6) is 0 Å². The molecule has 0 aliphatic heterocycles. The van der Waals surface area contributed by atoms with Gasteiger partial charge >= 0.3 is 5.97 Å². The van der Waals surface area contributed by atoms with E-state index in [0.717, 1.165) is 0 Å². The standard InChI is InChI=1S/C12H17F2N3O2/c1-4-15-10-8(13)6-9(14)11(17-10)16-7(3)12(18)19-5-2/h6-7H,4-5H2,1-3H3,(H2,15,16,17). The lowest BCUT2D eigenvalue weighted by Crippen LogP contribution is -2.29. The maximum atomic E-state index is 13.5. The van der Waals surface area contributed by atoms with Crippen molar-refractivity contribution in [3.63, 3.8) is 0 Å². The highest BCUT2D eigenvalue weighted by molar-refractivity contribution is 5.78. The van der Waals surface area contributed by atoms with E-state index in [9.17, 15) is 13.6 Å². The Bertz CT molecular complexity index is 455. The zero-order valence-electron chi connectivity index (χ0n) is 11.1. The topological polar surface area (TPSA) is 63.2 Å². The molecule has 19 heavy (non-hydrogen) atoms. The van der Waals surface area contributed by atoms with E-state index in [0.29, 0.717) is 12.6 Å². The van der Waals surface area contributed by atoms with Gasteiger partial charge in [-0.15, -0.1) is 0 Å². The zero-order chi connectivity index (χ0) is 14.4. The minimum absolute atomic E-state index is 0.0672. The summed E-state index contributed by atoms with van der Waals surface area (Å²) < 4.78 is 31.7. The van der Waals surface area contributed by atoms with Crippen LogP contribution in [0.4, 0.5) is 20.4 Å². The van der Waals surface area contributed by atoms with Crippen LogP contribution >= 0.6 is 0 Å². The quantitative estimate of drug-likeness (QED) is 0.778. The molecule has 0 aliphatic carbocycles. The summed E-state index contributed by atoms with van der Waals surface area (Å²) in [6.45, 7) is 5.62. The van der Waals surface area contributed by atoms with Crippen molar-refractivity contribution >= 4 is 17.6 Å². The molecule has 1 rings (SSSR count). The number of anilines is 2. The van der Waals surface area contributed by atoms with E-state index in [1.807, 2.05) is 0 Å². The Morgan fingerprint density at radius 1 is 1.37 bits per heavy atom. The molecule has 106 valence electrons. The maximum Gasteiger partial charge on any atom is 0.328 e. The Labute approximate surface area is 110 Å². The van der Waals surface area contributed by atoms with Crippen LogP contribution < -0.4 is 10.6 Å². The average molecular weight is 273 g/mol. The fraction of sp³-hybridized carbons (Fsp3) is 0.500. The third-order valence-electron chi connectivity index (χ3n) is 2.27. The fourth-order valence-corrected chi connectivity index (χ4v) is 1.39. The van der Waals surface area contributed by atoms with Crippen LogP contribution in [0.2, 0.25) is 0 Å². The monoisotopic (exact) mass is 273 g/mol. The highest BCUT2D eigenvalue weighted by Gasteiger charge is 2.18. The molecule has 0 fully saturated rings. The molecule has 0 aliphatic rings. The third kappa shape index (κ3) is 4.04. The third-order valence-corrected chi connectivity index (χ3v) is 2.27. The summed E-state index contributed by atoms with van der Waals surface area (Å²) >= 11 is 0. The number of esters is 1. The van der Waals surface area contributed by atoms with Crippen LogP contribution in [0.25, 0.3) is 0 Å². The Balaban J connectivity index is 2.88. The molecule has 7 heteroatoms. The first-order chi connectivity index (χ1) is 8.99. The molecular formula is C12H17F2N3O2. The van der Waals surface area contributed by atoms with Crippen LogP contribution in [0.1, 0.15) is 20.8 Å². The van der Waals surface area contributed by atoms with Gasteiger partial charge in [-0.1, -0.05) is 0 Å². The lowest BCUT2D eigenvalue weighted by molar-refractivity contribution is -0.143. The van der Waals surface area contributed by atoms with E-state index >= 15 is 0 Å². The van der Waals surface area contributed by atoms with Crippen molar-refractivity contribution in [1.29, 1.82) is 0 Å². The van der Waals surface area contributed by atoms with Crippen LogP contribution in [0.3, 0.4) is 0 Å². The Kier molecular flexibility index (Phi) is 5.47. The van der Waals surface area contributed by atoms with Gasteiger partial charge in [-0.2, -0.15) is 0 Å². The van der Waals surface area contributed by atoms with Gasteiger partial charge in [0.2, 0.25) is 0 Å². The molecule has 0 bridgehead atoms. The summed E-state index contributed by atoms with van der Waals surface area (Å²) in [7, 11) is 0. The van der Waals surface area contributed by atoms with E-state index in [-0.39, 0.29) is 18.2 Å². The van der Waals surface area contributed by atoms with E-state index in [2.05, 4.69) is 15.6 Å². The van der Waals surface area contributed by atoms with Gasteiger partial charge in [0.05, 0.1) is 6.61 Å². The van der Waals surface area contributed by atoms with Crippen LogP contribution in [-0.4, -0.2) is 30.1 Å². The number of carbonyl (C=O) groups is 1. The van der Waals surface area contributed by atoms with Crippen molar-refractivity contribution in [2.45, 2.75) is 26.8 Å². The number of halogens is 2. The van der Waals surface area contributed by atoms with Crippen molar-refractivity contribution in [3.05, 3.63) is 17.7 Å². The molecule has 0 saturated heterocycles. The predicted molar refractivity (Wildman–Crippen MR) is 68.0 cm³/mol. The minimum Gasteiger partial charge on any atom is -0.464 e. The maximum absolute atomic E-state index is 13.5. The molecule has 0 spiro atoms. The van der Waals surface area contributed by atoms with Gasteiger partial charge in [-0.05, 0) is 20.8 Å². The highest BCUT2D eigenvalue weighted by Crippen LogP contribution is 2.19. The number of rotatable bonds is 6. The normalized spacial score (nSPS) is 11.8. The summed E-state index contributed by atoms with van der Waals surface area (Å²) in [5.41, 5.74) is 0. The second-order valence-electron chi connectivity index (χ2n) is 3.80. The van der Waals surface area contributed by atoms with Gasteiger partial charge < -0.3 is 15.4 Å². The van der Waals surface area contributed by atoms with Crippen molar-refractivity contribution in [2.75, 3.05) is 23.8 Å². The largest absolute Gasteiger partial charge is 0.464 e. The first-order valence-electron chi connectivity index (χ1n) is 6.02. The predicted octanol–water partition coefficient (Wildman–Crippen LogP) is 2.16. The molecule has 5 nitrogen and oxygen atoms in total. The number of pyridine rings is 1. The first kappa shape index (κ1) is 15.1. The summed E-state index contributed by atoms with van der Waals surface area (Å²) in [5.74, 6) is -2.44. The van der Waals surface area contributed by atoms with Gasteiger partial charge in [-0.3, -0.25) is 0 Å². The SMILES string of the molecule is CCNc1nc(NC(C)C(=O)OCC)c(F)cc1F. The number of ether oxygens (including phenoxy) is 1.